The number of hydrogen-bond donors (Lipinski definition) is 1. The van der Waals surface area contributed by atoms with Gasteiger partial charge in [0.15, 0.2) is 5.13 Å². The summed E-state index contributed by atoms with van der Waals surface area (Å²) < 4.78 is 0. The summed E-state index contributed by atoms with van der Waals surface area (Å²) >= 11 is 1.39. The van der Waals surface area contributed by atoms with Crippen LogP contribution in [-0.4, -0.2) is 28.4 Å². The first kappa shape index (κ1) is 14.1. The number of thiazole rings is 1. The number of aromatic nitrogens is 1. The highest BCUT2D eigenvalue weighted by Gasteiger charge is 2.28. The largest absolute Gasteiger partial charge is 0.375 e. The van der Waals surface area contributed by atoms with Crippen LogP contribution in [0.25, 0.3) is 0 Å². The van der Waals surface area contributed by atoms with Gasteiger partial charge in [0, 0.05) is 18.0 Å². The van der Waals surface area contributed by atoms with E-state index in [0.29, 0.717) is 17.6 Å². The van der Waals surface area contributed by atoms with Crippen LogP contribution >= 0.6 is 11.3 Å². The molecular formula is C16H19N3OS. The van der Waals surface area contributed by atoms with Crippen molar-refractivity contribution >= 4 is 22.4 Å². The smallest absolute Gasteiger partial charge is 0.228 e. The average Bonchev–Trinajstić information content (AvgIpc) is 3.09. The van der Waals surface area contributed by atoms with Crippen LogP contribution < -0.4 is 5.73 Å². The molecule has 21 heavy (non-hydrogen) atoms. The molecule has 1 aromatic heterocycles. The molecule has 1 saturated heterocycles. The summed E-state index contributed by atoms with van der Waals surface area (Å²) in [6, 6.07) is 10.7. The first-order chi connectivity index (χ1) is 10.2. The van der Waals surface area contributed by atoms with Crippen molar-refractivity contribution < 1.29 is 4.79 Å². The molecule has 0 aliphatic carbocycles. The molecule has 0 bridgehead atoms. The first-order valence-electron chi connectivity index (χ1n) is 7.25. The Hall–Kier alpha value is -1.88. The van der Waals surface area contributed by atoms with Crippen molar-refractivity contribution in [2.24, 2.45) is 0 Å². The Balaban J connectivity index is 1.64. The van der Waals surface area contributed by atoms with Crippen molar-refractivity contribution in [3.63, 3.8) is 0 Å². The quantitative estimate of drug-likeness (QED) is 0.944. The van der Waals surface area contributed by atoms with E-state index in [1.165, 1.54) is 16.9 Å². The second-order valence-electron chi connectivity index (χ2n) is 5.43. The molecular weight excluding hydrogens is 282 g/mol. The molecule has 1 aliphatic heterocycles. The zero-order valence-electron chi connectivity index (χ0n) is 11.9. The maximum Gasteiger partial charge on any atom is 0.228 e. The van der Waals surface area contributed by atoms with Crippen LogP contribution in [0.5, 0.6) is 0 Å². The lowest BCUT2D eigenvalue weighted by Gasteiger charge is -2.24. The second kappa shape index (κ2) is 6.26. The summed E-state index contributed by atoms with van der Waals surface area (Å²) in [5.74, 6) is 0.165. The van der Waals surface area contributed by atoms with Crippen LogP contribution in [0.3, 0.4) is 0 Å². The third-order valence-electron chi connectivity index (χ3n) is 3.91. The van der Waals surface area contributed by atoms with Crippen molar-refractivity contribution in [3.05, 3.63) is 47.0 Å². The van der Waals surface area contributed by atoms with Crippen molar-refractivity contribution in [2.45, 2.75) is 31.7 Å². The Labute approximate surface area is 128 Å². The number of carbonyl (C=O) groups excluding carboxylic acids is 1. The van der Waals surface area contributed by atoms with E-state index < -0.39 is 0 Å². The second-order valence-corrected chi connectivity index (χ2v) is 6.32. The molecule has 1 amide bonds. The minimum atomic E-state index is 0.165. The lowest BCUT2D eigenvalue weighted by Crippen LogP contribution is -2.37. The molecule has 1 aliphatic rings. The monoisotopic (exact) mass is 301 g/mol. The van der Waals surface area contributed by atoms with Crippen molar-refractivity contribution in [1.29, 1.82) is 0 Å². The minimum absolute atomic E-state index is 0.165. The predicted molar refractivity (Wildman–Crippen MR) is 85.1 cm³/mol. The molecule has 2 aromatic rings. The van der Waals surface area contributed by atoms with E-state index in [-0.39, 0.29) is 5.91 Å². The third kappa shape index (κ3) is 3.42. The molecule has 1 atom stereocenters. The fraction of sp³-hybridized carbons (Fsp3) is 0.375. The van der Waals surface area contributed by atoms with Gasteiger partial charge in [0.05, 0.1) is 12.1 Å². The zero-order valence-corrected chi connectivity index (χ0v) is 12.7. The highest BCUT2D eigenvalue weighted by atomic mass is 32.1. The van der Waals surface area contributed by atoms with Crippen LogP contribution in [0.2, 0.25) is 0 Å². The van der Waals surface area contributed by atoms with E-state index in [2.05, 4.69) is 29.2 Å². The van der Waals surface area contributed by atoms with Gasteiger partial charge in [0.2, 0.25) is 5.91 Å². The van der Waals surface area contributed by atoms with Crippen LogP contribution in [0.15, 0.2) is 35.7 Å². The molecule has 5 heteroatoms. The Kier molecular flexibility index (Phi) is 4.20. The van der Waals surface area contributed by atoms with Crippen LogP contribution in [0, 0.1) is 0 Å². The van der Waals surface area contributed by atoms with Gasteiger partial charge >= 0.3 is 0 Å². The number of amides is 1. The van der Waals surface area contributed by atoms with E-state index in [1.54, 1.807) is 0 Å². The number of rotatable bonds is 4. The number of hydrogen-bond acceptors (Lipinski definition) is 4. The van der Waals surface area contributed by atoms with Crippen molar-refractivity contribution in [1.82, 2.24) is 9.88 Å². The summed E-state index contributed by atoms with van der Waals surface area (Å²) in [5, 5.41) is 2.40. The number of anilines is 1. The summed E-state index contributed by atoms with van der Waals surface area (Å²) in [6.45, 7) is 0.857. The van der Waals surface area contributed by atoms with E-state index >= 15 is 0 Å². The predicted octanol–water partition coefficient (Wildman–Crippen LogP) is 2.50. The van der Waals surface area contributed by atoms with Crippen molar-refractivity contribution in [2.75, 3.05) is 12.3 Å². The van der Waals surface area contributed by atoms with Gasteiger partial charge in [-0.05, 0) is 24.8 Å². The number of nitrogen functional groups attached to an aromatic ring is 1. The van der Waals surface area contributed by atoms with Gasteiger partial charge in [0.1, 0.15) is 0 Å². The molecule has 110 valence electrons. The van der Waals surface area contributed by atoms with Gasteiger partial charge in [-0.2, -0.15) is 0 Å². The maximum absolute atomic E-state index is 12.5. The number of nitrogens with two attached hydrogens (primary N) is 1. The van der Waals surface area contributed by atoms with Crippen LogP contribution in [0.1, 0.15) is 24.1 Å². The molecule has 1 aromatic carbocycles. The first-order valence-corrected chi connectivity index (χ1v) is 8.13. The molecule has 0 spiro atoms. The molecule has 0 radical (unpaired) electrons. The maximum atomic E-state index is 12.5. The highest BCUT2D eigenvalue weighted by Crippen LogP contribution is 2.22. The zero-order chi connectivity index (χ0) is 14.7. The van der Waals surface area contributed by atoms with Gasteiger partial charge in [-0.1, -0.05) is 30.3 Å². The topological polar surface area (TPSA) is 59.2 Å². The molecule has 1 fully saturated rings. The normalized spacial score (nSPS) is 18.1. The Morgan fingerprint density at radius 1 is 1.38 bits per heavy atom. The summed E-state index contributed by atoms with van der Waals surface area (Å²) in [6.07, 6.45) is 3.47. The SMILES string of the molecule is Nc1nc(CC(=O)N2CCCC2Cc2ccccc2)cs1. The lowest BCUT2D eigenvalue weighted by molar-refractivity contribution is -0.131. The van der Waals surface area contributed by atoms with Gasteiger partial charge in [-0.25, -0.2) is 4.98 Å². The molecule has 0 saturated carbocycles. The number of benzene rings is 1. The summed E-state index contributed by atoms with van der Waals surface area (Å²) in [5.41, 5.74) is 7.70. The molecule has 2 N–H and O–H groups in total. The Morgan fingerprint density at radius 2 is 2.19 bits per heavy atom. The standard InChI is InChI=1S/C16H19N3OS/c17-16-18-13(11-21-16)10-15(20)19-8-4-7-14(19)9-12-5-2-1-3-6-12/h1-3,5-6,11,14H,4,7-10H2,(H2,17,18). The number of carbonyl (C=O) groups is 1. The van der Waals surface area contributed by atoms with E-state index in [0.717, 1.165) is 31.5 Å². The Morgan fingerprint density at radius 3 is 2.90 bits per heavy atom. The number of nitrogens with zero attached hydrogens (tertiary/aromatic N) is 2. The average molecular weight is 301 g/mol. The third-order valence-corrected chi connectivity index (χ3v) is 4.64. The fourth-order valence-corrected chi connectivity index (χ4v) is 3.49. The van der Waals surface area contributed by atoms with Crippen molar-refractivity contribution in [3.8, 4) is 0 Å². The van der Waals surface area contributed by atoms with Gasteiger partial charge in [-0.3, -0.25) is 4.79 Å². The fourth-order valence-electron chi connectivity index (χ4n) is 2.92. The summed E-state index contributed by atoms with van der Waals surface area (Å²) in [4.78, 5) is 18.7. The molecule has 4 nitrogen and oxygen atoms in total. The van der Waals surface area contributed by atoms with Gasteiger partial charge in [-0.15, -0.1) is 11.3 Å². The van der Waals surface area contributed by atoms with Gasteiger partial charge < -0.3 is 10.6 Å². The Bertz CT molecular complexity index is 611. The molecule has 1 unspecified atom stereocenters. The van der Waals surface area contributed by atoms with Gasteiger partial charge in [0.25, 0.3) is 0 Å². The van der Waals surface area contributed by atoms with E-state index in [9.17, 15) is 4.79 Å². The molecule has 3 rings (SSSR count). The van der Waals surface area contributed by atoms with E-state index in [4.69, 9.17) is 5.73 Å². The molecule has 2 heterocycles. The highest BCUT2D eigenvalue weighted by molar-refractivity contribution is 7.13. The summed E-state index contributed by atoms with van der Waals surface area (Å²) in [7, 11) is 0. The van der Waals surface area contributed by atoms with Crippen LogP contribution in [-0.2, 0) is 17.6 Å². The number of likely N-dealkylation sites (tertiary alicyclic amines) is 1. The van der Waals surface area contributed by atoms with Crippen LogP contribution in [0.4, 0.5) is 5.13 Å². The van der Waals surface area contributed by atoms with E-state index in [1.807, 2.05) is 16.3 Å². The lowest BCUT2D eigenvalue weighted by atomic mass is 10.0. The minimum Gasteiger partial charge on any atom is -0.375 e.